The average molecular weight is 272 g/mol. The number of aromatic nitrogens is 2. The van der Waals surface area contributed by atoms with Gasteiger partial charge in [-0.3, -0.25) is 0 Å². The smallest absolute Gasteiger partial charge is 0.224 e. The number of nitrogens with one attached hydrogen (secondary N) is 2. The van der Waals surface area contributed by atoms with Gasteiger partial charge in [-0.25, -0.2) is 4.98 Å². The highest BCUT2D eigenvalue weighted by molar-refractivity contribution is 5.89. The predicted octanol–water partition coefficient (Wildman–Crippen LogP) is 2.24. The second-order valence-corrected chi connectivity index (χ2v) is 5.30. The molecule has 1 aromatic heterocycles. The molecule has 0 radical (unpaired) electrons. The fourth-order valence-electron chi connectivity index (χ4n) is 2.81. The number of rotatable bonds is 4. The number of para-hydroxylation sites is 1. The maximum Gasteiger partial charge on any atom is 0.224 e. The van der Waals surface area contributed by atoms with Crippen LogP contribution in [0, 0.1) is 5.92 Å². The molecule has 2 unspecified atom stereocenters. The molecular formula is C15H20N4O. The summed E-state index contributed by atoms with van der Waals surface area (Å²) in [6.45, 7) is 0.755. The molecule has 1 aliphatic carbocycles. The van der Waals surface area contributed by atoms with Crippen molar-refractivity contribution in [3.63, 3.8) is 0 Å². The van der Waals surface area contributed by atoms with Gasteiger partial charge in [0.25, 0.3) is 0 Å². The van der Waals surface area contributed by atoms with Crippen LogP contribution in [0.3, 0.4) is 0 Å². The van der Waals surface area contributed by atoms with Crippen LogP contribution in [0.15, 0.2) is 24.3 Å². The molecule has 5 nitrogen and oxygen atoms in total. The molecule has 2 atom stereocenters. The Hall–Kier alpha value is -1.88. The summed E-state index contributed by atoms with van der Waals surface area (Å²) in [5, 5.41) is 17.3. The number of aliphatic hydroxyl groups is 1. The van der Waals surface area contributed by atoms with E-state index < -0.39 is 0 Å². The van der Waals surface area contributed by atoms with Crippen LogP contribution in [0.2, 0.25) is 0 Å². The van der Waals surface area contributed by atoms with E-state index in [0.29, 0.717) is 11.9 Å². The molecule has 0 bridgehead atoms. The second kappa shape index (κ2) is 5.63. The number of fused-ring (bicyclic) bond motifs is 1. The Labute approximate surface area is 118 Å². The zero-order valence-corrected chi connectivity index (χ0v) is 11.6. The Morgan fingerprint density at radius 1 is 1.25 bits per heavy atom. The van der Waals surface area contributed by atoms with Gasteiger partial charge in [-0.15, -0.1) is 0 Å². The molecule has 20 heavy (non-hydrogen) atoms. The first-order valence-electron chi connectivity index (χ1n) is 7.14. The van der Waals surface area contributed by atoms with Gasteiger partial charge in [-0.1, -0.05) is 18.6 Å². The lowest BCUT2D eigenvalue weighted by Gasteiger charge is -2.16. The van der Waals surface area contributed by atoms with Crippen LogP contribution in [-0.2, 0) is 0 Å². The molecule has 106 valence electrons. The Morgan fingerprint density at radius 2 is 2.10 bits per heavy atom. The molecule has 0 aliphatic heterocycles. The van der Waals surface area contributed by atoms with Crippen LogP contribution in [0.4, 0.5) is 11.8 Å². The highest BCUT2D eigenvalue weighted by atomic mass is 16.3. The maximum absolute atomic E-state index is 9.90. The number of nitrogens with zero attached hydrogens (tertiary/aromatic N) is 2. The third kappa shape index (κ3) is 2.54. The van der Waals surface area contributed by atoms with Crippen LogP contribution in [0.5, 0.6) is 0 Å². The molecule has 3 rings (SSSR count). The van der Waals surface area contributed by atoms with Crippen molar-refractivity contribution in [1.82, 2.24) is 9.97 Å². The molecule has 3 N–H and O–H groups in total. The number of aliphatic hydroxyl groups excluding tert-OH is 1. The Bertz CT molecular complexity index is 601. The van der Waals surface area contributed by atoms with Crippen molar-refractivity contribution in [1.29, 1.82) is 0 Å². The Morgan fingerprint density at radius 3 is 2.85 bits per heavy atom. The van der Waals surface area contributed by atoms with Crippen molar-refractivity contribution >= 4 is 22.7 Å². The zero-order chi connectivity index (χ0) is 13.9. The fraction of sp³-hybridized carbons (Fsp3) is 0.467. The first kappa shape index (κ1) is 13.1. The van der Waals surface area contributed by atoms with Crippen LogP contribution < -0.4 is 10.6 Å². The largest absolute Gasteiger partial charge is 0.393 e. The minimum absolute atomic E-state index is 0.181. The first-order chi connectivity index (χ1) is 9.78. The van der Waals surface area contributed by atoms with E-state index in [1.807, 2.05) is 31.3 Å². The van der Waals surface area contributed by atoms with E-state index in [0.717, 1.165) is 42.5 Å². The van der Waals surface area contributed by atoms with Gasteiger partial charge in [-0.2, -0.15) is 4.98 Å². The Balaban J connectivity index is 1.85. The molecule has 1 saturated carbocycles. The third-order valence-electron chi connectivity index (χ3n) is 3.98. The summed E-state index contributed by atoms with van der Waals surface area (Å²) in [7, 11) is 1.81. The summed E-state index contributed by atoms with van der Waals surface area (Å²) in [6, 6.07) is 7.95. The summed E-state index contributed by atoms with van der Waals surface area (Å²) >= 11 is 0. The molecule has 0 amide bonds. The van der Waals surface area contributed by atoms with Gasteiger partial charge in [0.1, 0.15) is 5.82 Å². The van der Waals surface area contributed by atoms with Crippen molar-refractivity contribution in [2.24, 2.45) is 5.92 Å². The molecule has 0 spiro atoms. The number of hydrogen-bond donors (Lipinski definition) is 3. The molecule has 2 aromatic rings. The van der Waals surface area contributed by atoms with Crippen molar-refractivity contribution in [3.8, 4) is 0 Å². The lowest BCUT2D eigenvalue weighted by atomic mass is 10.1. The van der Waals surface area contributed by atoms with E-state index in [-0.39, 0.29) is 6.10 Å². The van der Waals surface area contributed by atoms with Gasteiger partial charge in [0.15, 0.2) is 0 Å². The van der Waals surface area contributed by atoms with Crippen LogP contribution in [-0.4, -0.2) is 34.8 Å². The van der Waals surface area contributed by atoms with Crippen LogP contribution >= 0.6 is 0 Å². The van der Waals surface area contributed by atoms with Gasteiger partial charge in [-0.05, 0) is 25.0 Å². The third-order valence-corrected chi connectivity index (χ3v) is 3.98. The molecule has 1 heterocycles. The highest BCUT2D eigenvalue weighted by Crippen LogP contribution is 2.27. The monoisotopic (exact) mass is 272 g/mol. The van der Waals surface area contributed by atoms with E-state index in [2.05, 4.69) is 20.6 Å². The SMILES string of the molecule is CNc1nc(NCC2CCCC2O)c2ccccc2n1. The van der Waals surface area contributed by atoms with Gasteiger partial charge < -0.3 is 15.7 Å². The average Bonchev–Trinajstić information content (AvgIpc) is 2.89. The van der Waals surface area contributed by atoms with Crippen molar-refractivity contribution < 1.29 is 5.11 Å². The number of benzene rings is 1. The quantitative estimate of drug-likeness (QED) is 0.796. The standard InChI is InChI=1S/C15H20N4O/c1-16-15-18-12-7-3-2-6-11(12)14(19-15)17-9-10-5-4-8-13(10)20/h2-3,6-7,10,13,20H,4-5,8-9H2,1H3,(H2,16,17,18,19). The normalized spacial score (nSPS) is 22.1. The number of anilines is 2. The minimum atomic E-state index is -0.181. The molecule has 1 aliphatic rings. The molecule has 0 saturated heterocycles. The lowest BCUT2D eigenvalue weighted by molar-refractivity contribution is 0.138. The summed E-state index contributed by atoms with van der Waals surface area (Å²) in [6.07, 6.45) is 2.92. The highest BCUT2D eigenvalue weighted by Gasteiger charge is 2.25. The van der Waals surface area contributed by atoms with E-state index in [1.54, 1.807) is 0 Å². The number of hydrogen-bond acceptors (Lipinski definition) is 5. The van der Waals surface area contributed by atoms with Gasteiger partial charge >= 0.3 is 0 Å². The van der Waals surface area contributed by atoms with Crippen LogP contribution in [0.25, 0.3) is 10.9 Å². The van der Waals surface area contributed by atoms with Gasteiger partial charge in [0.05, 0.1) is 11.6 Å². The van der Waals surface area contributed by atoms with Gasteiger partial charge in [0.2, 0.25) is 5.95 Å². The van der Waals surface area contributed by atoms with Crippen molar-refractivity contribution in [2.45, 2.75) is 25.4 Å². The van der Waals surface area contributed by atoms with E-state index in [1.165, 1.54) is 0 Å². The zero-order valence-electron chi connectivity index (χ0n) is 11.6. The first-order valence-corrected chi connectivity index (χ1v) is 7.14. The lowest BCUT2D eigenvalue weighted by Crippen LogP contribution is -2.22. The van der Waals surface area contributed by atoms with E-state index in [4.69, 9.17) is 0 Å². The summed E-state index contributed by atoms with van der Waals surface area (Å²) in [4.78, 5) is 8.93. The van der Waals surface area contributed by atoms with Gasteiger partial charge in [0, 0.05) is 24.9 Å². The molecule has 1 fully saturated rings. The van der Waals surface area contributed by atoms with E-state index >= 15 is 0 Å². The predicted molar refractivity (Wildman–Crippen MR) is 80.9 cm³/mol. The van der Waals surface area contributed by atoms with Crippen molar-refractivity contribution in [3.05, 3.63) is 24.3 Å². The summed E-state index contributed by atoms with van der Waals surface area (Å²) in [5.41, 5.74) is 0.918. The van der Waals surface area contributed by atoms with Crippen molar-refractivity contribution in [2.75, 3.05) is 24.2 Å². The topological polar surface area (TPSA) is 70.1 Å². The minimum Gasteiger partial charge on any atom is -0.393 e. The molecular weight excluding hydrogens is 252 g/mol. The molecule has 5 heteroatoms. The molecule has 1 aromatic carbocycles. The Kier molecular flexibility index (Phi) is 3.69. The summed E-state index contributed by atoms with van der Waals surface area (Å²) < 4.78 is 0. The summed E-state index contributed by atoms with van der Waals surface area (Å²) in [5.74, 6) is 1.76. The fourth-order valence-corrected chi connectivity index (χ4v) is 2.81. The van der Waals surface area contributed by atoms with Crippen LogP contribution in [0.1, 0.15) is 19.3 Å². The second-order valence-electron chi connectivity index (χ2n) is 5.30. The van der Waals surface area contributed by atoms with E-state index in [9.17, 15) is 5.11 Å². The maximum atomic E-state index is 9.90.